The van der Waals surface area contributed by atoms with Gasteiger partial charge in [-0.3, -0.25) is 4.79 Å². The smallest absolute Gasteiger partial charge is 0.427 e. The van der Waals surface area contributed by atoms with Crippen molar-refractivity contribution in [3.63, 3.8) is 0 Å². The minimum Gasteiger partial charge on any atom is -0.477 e. The van der Waals surface area contributed by atoms with Gasteiger partial charge in [0.2, 0.25) is 5.90 Å². The van der Waals surface area contributed by atoms with Crippen molar-refractivity contribution in [2.24, 2.45) is 5.10 Å². The zero-order valence-corrected chi connectivity index (χ0v) is 12.2. The predicted octanol–water partition coefficient (Wildman–Crippen LogP) is 2.59. The fourth-order valence-corrected chi connectivity index (χ4v) is 1.31. The molecule has 0 atom stereocenters. The van der Waals surface area contributed by atoms with Crippen LogP contribution in [0.15, 0.2) is 27.7 Å². The van der Waals surface area contributed by atoms with E-state index in [9.17, 15) is 9.59 Å². The van der Waals surface area contributed by atoms with Gasteiger partial charge in [0.25, 0.3) is 0 Å². The molecule has 0 spiro atoms. The first-order valence-corrected chi connectivity index (χ1v) is 6.48. The van der Waals surface area contributed by atoms with Gasteiger partial charge in [-0.25, -0.2) is 10.2 Å². The predicted molar refractivity (Wildman–Crippen MR) is 77.0 cm³/mol. The highest BCUT2D eigenvalue weighted by Crippen LogP contribution is 2.10. The van der Waals surface area contributed by atoms with Gasteiger partial charge in [-0.15, -0.1) is 5.10 Å². The first-order chi connectivity index (χ1) is 10.1. The molecule has 0 aliphatic heterocycles. The topological polar surface area (TPSA) is 90.1 Å². The van der Waals surface area contributed by atoms with Crippen LogP contribution in [0.4, 0.5) is 4.79 Å². The SMILES string of the molecule is CCOC(=O)NN=C(C=Cc1ccc(C(C)=O)o1)OCC. The van der Waals surface area contributed by atoms with Crippen LogP contribution in [0.1, 0.15) is 37.1 Å². The molecule has 7 heteroatoms. The van der Waals surface area contributed by atoms with Gasteiger partial charge in [-0.2, -0.15) is 0 Å². The zero-order valence-electron chi connectivity index (χ0n) is 12.2. The van der Waals surface area contributed by atoms with Crippen molar-refractivity contribution in [2.75, 3.05) is 13.2 Å². The second kappa shape index (κ2) is 8.57. The second-order valence-electron chi connectivity index (χ2n) is 3.81. The van der Waals surface area contributed by atoms with Gasteiger partial charge >= 0.3 is 6.09 Å². The standard InChI is InChI=1S/C14H18N2O5/c1-4-19-13(15-16-14(18)20-5-2)9-7-11-6-8-12(21-11)10(3)17/h6-9H,4-5H2,1-3H3,(H,16,18). The fourth-order valence-electron chi connectivity index (χ4n) is 1.31. The molecular formula is C14H18N2O5. The van der Waals surface area contributed by atoms with E-state index in [2.05, 4.69) is 15.3 Å². The van der Waals surface area contributed by atoms with Crippen LogP contribution in [-0.2, 0) is 9.47 Å². The lowest BCUT2D eigenvalue weighted by atomic mass is 10.3. The summed E-state index contributed by atoms with van der Waals surface area (Å²) in [4.78, 5) is 22.2. The van der Waals surface area contributed by atoms with E-state index in [1.807, 2.05) is 0 Å². The average molecular weight is 294 g/mol. The minimum atomic E-state index is -0.667. The molecule has 0 saturated heterocycles. The Hall–Kier alpha value is -2.57. The molecule has 0 unspecified atom stereocenters. The van der Waals surface area contributed by atoms with Crippen LogP contribution in [0.5, 0.6) is 0 Å². The third-order valence-corrected chi connectivity index (χ3v) is 2.19. The highest BCUT2D eigenvalue weighted by molar-refractivity contribution is 5.93. The second-order valence-corrected chi connectivity index (χ2v) is 3.81. The molecule has 0 fully saturated rings. The highest BCUT2D eigenvalue weighted by atomic mass is 16.6. The number of amides is 1. The summed E-state index contributed by atoms with van der Waals surface area (Å²) in [6.45, 7) is 5.53. The van der Waals surface area contributed by atoms with Crippen molar-refractivity contribution < 1.29 is 23.5 Å². The van der Waals surface area contributed by atoms with E-state index in [-0.39, 0.29) is 24.0 Å². The molecule has 1 N–H and O–H groups in total. The van der Waals surface area contributed by atoms with Gasteiger partial charge in [0, 0.05) is 13.0 Å². The maximum atomic E-state index is 11.1. The molecule has 0 saturated carbocycles. The number of hydrogen-bond acceptors (Lipinski definition) is 6. The molecule has 1 rings (SSSR count). The molecule has 114 valence electrons. The lowest BCUT2D eigenvalue weighted by Gasteiger charge is -2.03. The highest BCUT2D eigenvalue weighted by Gasteiger charge is 2.04. The summed E-state index contributed by atoms with van der Waals surface area (Å²) in [5.41, 5.74) is 2.19. The monoisotopic (exact) mass is 294 g/mol. The Balaban J connectivity index is 2.71. The van der Waals surface area contributed by atoms with E-state index in [0.29, 0.717) is 12.4 Å². The van der Waals surface area contributed by atoms with Crippen LogP contribution in [0.25, 0.3) is 6.08 Å². The molecule has 0 radical (unpaired) electrons. The number of ether oxygens (including phenoxy) is 2. The van der Waals surface area contributed by atoms with Crippen molar-refractivity contribution in [1.82, 2.24) is 5.43 Å². The van der Waals surface area contributed by atoms with E-state index >= 15 is 0 Å². The van der Waals surface area contributed by atoms with Crippen molar-refractivity contribution in [3.05, 3.63) is 29.7 Å². The Labute approximate surface area is 122 Å². The molecule has 0 bridgehead atoms. The Morgan fingerprint density at radius 1 is 1.29 bits per heavy atom. The summed E-state index contributed by atoms with van der Waals surface area (Å²) in [6.07, 6.45) is 2.42. The van der Waals surface area contributed by atoms with Crippen molar-refractivity contribution in [1.29, 1.82) is 0 Å². The lowest BCUT2D eigenvalue weighted by Crippen LogP contribution is -2.21. The van der Waals surface area contributed by atoms with Crippen molar-refractivity contribution in [2.45, 2.75) is 20.8 Å². The number of Topliss-reactive ketones (excluding diaryl/α,β-unsaturated/α-hetero) is 1. The van der Waals surface area contributed by atoms with Crippen LogP contribution in [-0.4, -0.2) is 31.0 Å². The molecule has 0 aliphatic carbocycles. The van der Waals surface area contributed by atoms with Gasteiger partial charge in [0.15, 0.2) is 11.5 Å². The average Bonchev–Trinajstić information content (AvgIpc) is 2.91. The minimum absolute atomic E-state index is 0.155. The number of nitrogens with one attached hydrogen (secondary N) is 1. The summed E-state index contributed by atoms with van der Waals surface area (Å²) in [5.74, 6) is 0.779. The third-order valence-electron chi connectivity index (χ3n) is 2.19. The van der Waals surface area contributed by atoms with Crippen molar-refractivity contribution >= 4 is 23.9 Å². The zero-order chi connectivity index (χ0) is 15.7. The summed E-state index contributed by atoms with van der Waals surface area (Å²) in [5, 5.41) is 3.76. The number of nitrogens with zero attached hydrogens (tertiary/aromatic N) is 1. The molecule has 1 heterocycles. The number of hydrazone groups is 1. The first kappa shape index (κ1) is 16.5. The van der Waals surface area contributed by atoms with E-state index in [1.165, 1.54) is 13.0 Å². The lowest BCUT2D eigenvalue weighted by molar-refractivity contribution is 0.0986. The molecule has 7 nitrogen and oxygen atoms in total. The van der Waals surface area contributed by atoms with Gasteiger partial charge in [0.1, 0.15) is 5.76 Å². The summed E-state index contributed by atoms with van der Waals surface area (Å²) < 4.78 is 15.2. The maximum Gasteiger partial charge on any atom is 0.427 e. The summed E-state index contributed by atoms with van der Waals surface area (Å²) in [6, 6.07) is 3.23. The Morgan fingerprint density at radius 3 is 2.57 bits per heavy atom. The number of hydrogen-bond donors (Lipinski definition) is 1. The Morgan fingerprint density at radius 2 is 2.00 bits per heavy atom. The summed E-state index contributed by atoms with van der Waals surface area (Å²) >= 11 is 0. The summed E-state index contributed by atoms with van der Waals surface area (Å²) in [7, 11) is 0. The van der Waals surface area contributed by atoms with Crippen LogP contribution < -0.4 is 5.43 Å². The van der Waals surface area contributed by atoms with Gasteiger partial charge in [-0.05, 0) is 32.1 Å². The number of ketones is 1. The third kappa shape index (κ3) is 5.94. The molecule has 0 aliphatic rings. The number of rotatable bonds is 6. The van der Waals surface area contributed by atoms with Crippen molar-refractivity contribution in [3.8, 4) is 0 Å². The number of carbonyl (C=O) groups excluding carboxylic acids is 2. The number of carbonyl (C=O) groups is 2. The molecule has 21 heavy (non-hydrogen) atoms. The van der Waals surface area contributed by atoms with Gasteiger partial charge < -0.3 is 13.9 Å². The molecule has 1 amide bonds. The molecule has 1 aromatic rings. The van der Waals surface area contributed by atoms with Crippen LogP contribution >= 0.6 is 0 Å². The van der Waals surface area contributed by atoms with E-state index in [4.69, 9.17) is 9.15 Å². The molecular weight excluding hydrogens is 276 g/mol. The van der Waals surface area contributed by atoms with Crippen LogP contribution in [0.2, 0.25) is 0 Å². The van der Waals surface area contributed by atoms with Crippen LogP contribution in [0, 0.1) is 0 Å². The molecule has 0 aromatic carbocycles. The van der Waals surface area contributed by atoms with E-state index in [0.717, 1.165) is 0 Å². The molecule has 1 aromatic heterocycles. The number of furan rings is 1. The Bertz CT molecular complexity index is 545. The van der Waals surface area contributed by atoms with Gasteiger partial charge in [0.05, 0.1) is 13.2 Å². The normalized spacial score (nSPS) is 11.5. The van der Waals surface area contributed by atoms with E-state index in [1.54, 1.807) is 32.1 Å². The van der Waals surface area contributed by atoms with Crippen LogP contribution in [0.3, 0.4) is 0 Å². The largest absolute Gasteiger partial charge is 0.477 e. The van der Waals surface area contributed by atoms with E-state index < -0.39 is 6.09 Å². The quantitative estimate of drug-likeness (QED) is 0.377. The van der Waals surface area contributed by atoms with Gasteiger partial charge in [-0.1, -0.05) is 0 Å². The maximum absolute atomic E-state index is 11.1. The fraction of sp³-hybridized carbons (Fsp3) is 0.357. The first-order valence-electron chi connectivity index (χ1n) is 6.48. The Kier molecular flexibility index (Phi) is 6.73.